The fourth-order valence-corrected chi connectivity index (χ4v) is 1.15. The summed E-state index contributed by atoms with van der Waals surface area (Å²) >= 11 is 0. The molecule has 0 unspecified atom stereocenters. The molecular formula is C10H13. The Hall–Kier alpha value is -0.780. The highest BCUT2D eigenvalue weighted by atomic mass is 14.0. The average Bonchev–Trinajstić information content (AvgIpc) is 1.82. The van der Waals surface area contributed by atoms with Gasteiger partial charge in [0.2, 0.25) is 0 Å². The molecular weight excluding hydrogens is 120 g/mol. The zero-order valence-corrected chi connectivity index (χ0v) is 7.08. The fourth-order valence-electron chi connectivity index (χ4n) is 1.15. The molecule has 53 valence electrons. The van der Waals surface area contributed by atoms with E-state index in [1.54, 1.807) is 0 Å². The van der Waals surface area contributed by atoms with Crippen molar-refractivity contribution in [3.63, 3.8) is 0 Å². The van der Waals surface area contributed by atoms with E-state index in [2.05, 4.69) is 39.8 Å². The van der Waals surface area contributed by atoms with Gasteiger partial charge >= 0.3 is 0 Å². The summed E-state index contributed by atoms with van der Waals surface area (Å²) in [7, 11) is 0. The molecule has 0 N–H and O–H groups in total. The van der Waals surface area contributed by atoms with E-state index >= 15 is 0 Å². The van der Waals surface area contributed by atoms with Gasteiger partial charge in [0.1, 0.15) is 0 Å². The van der Waals surface area contributed by atoms with Gasteiger partial charge in [-0.25, -0.2) is 0 Å². The number of benzene rings is 1. The largest absolute Gasteiger partial charge is 0.0555 e. The van der Waals surface area contributed by atoms with E-state index in [0.717, 1.165) is 0 Å². The molecule has 1 aromatic rings. The third-order valence-corrected chi connectivity index (χ3v) is 1.97. The lowest BCUT2D eigenvalue weighted by Crippen LogP contribution is -1.87. The zero-order valence-electron chi connectivity index (χ0n) is 7.08. The molecule has 0 fully saturated rings. The van der Waals surface area contributed by atoms with E-state index < -0.39 is 0 Å². The third kappa shape index (κ3) is 1.21. The van der Waals surface area contributed by atoms with Crippen LogP contribution >= 0.6 is 0 Å². The maximum atomic E-state index is 3.28. The Balaban J connectivity index is 3.31. The SMILES string of the molecule is Cc1[c]c(C)c(C)c(C)c1. The molecule has 0 amide bonds. The predicted molar refractivity (Wildman–Crippen MR) is 44.2 cm³/mol. The summed E-state index contributed by atoms with van der Waals surface area (Å²) in [5.74, 6) is 0. The molecule has 0 aliphatic rings. The monoisotopic (exact) mass is 133 g/mol. The van der Waals surface area contributed by atoms with Gasteiger partial charge in [0, 0.05) is 0 Å². The molecule has 10 heavy (non-hydrogen) atoms. The normalized spacial score (nSPS) is 10.0. The van der Waals surface area contributed by atoms with Crippen molar-refractivity contribution >= 4 is 0 Å². The van der Waals surface area contributed by atoms with Crippen LogP contribution in [-0.2, 0) is 0 Å². The van der Waals surface area contributed by atoms with E-state index in [0.29, 0.717) is 0 Å². The second-order valence-corrected chi connectivity index (χ2v) is 2.89. The van der Waals surface area contributed by atoms with Gasteiger partial charge in [-0.2, -0.15) is 0 Å². The lowest BCUT2D eigenvalue weighted by Gasteiger charge is -2.04. The quantitative estimate of drug-likeness (QED) is 0.510. The zero-order chi connectivity index (χ0) is 7.72. The number of rotatable bonds is 0. The molecule has 0 heteroatoms. The van der Waals surface area contributed by atoms with Crippen LogP contribution in [0, 0.1) is 33.8 Å². The molecule has 0 aliphatic carbocycles. The van der Waals surface area contributed by atoms with Crippen molar-refractivity contribution in [3.05, 3.63) is 34.4 Å². The molecule has 0 saturated carbocycles. The maximum Gasteiger partial charge on any atom is -0.0117 e. The van der Waals surface area contributed by atoms with Crippen LogP contribution in [-0.4, -0.2) is 0 Å². The van der Waals surface area contributed by atoms with Crippen LogP contribution in [0.3, 0.4) is 0 Å². The van der Waals surface area contributed by atoms with Gasteiger partial charge < -0.3 is 0 Å². The van der Waals surface area contributed by atoms with Crippen LogP contribution in [0.1, 0.15) is 22.3 Å². The van der Waals surface area contributed by atoms with Crippen molar-refractivity contribution in [3.8, 4) is 0 Å². The predicted octanol–water partition coefficient (Wildman–Crippen LogP) is 2.72. The smallest absolute Gasteiger partial charge is 0.0117 e. The minimum absolute atomic E-state index is 1.24. The topological polar surface area (TPSA) is 0 Å². The molecule has 0 heterocycles. The highest BCUT2D eigenvalue weighted by Crippen LogP contribution is 2.13. The van der Waals surface area contributed by atoms with E-state index in [1.807, 2.05) is 0 Å². The molecule has 1 aromatic carbocycles. The Morgan fingerprint density at radius 1 is 1.10 bits per heavy atom. The van der Waals surface area contributed by atoms with Crippen LogP contribution in [0.5, 0.6) is 0 Å². The first-order valence-electron chi connectivity index (χ1n) is 3.58. The third-order valence-electron chi connectivity index (χ3n) is 1.97. The van der Waals surface area contributed by atoms with E-state index in [9.17, 15) is 0 Å². The molecule has 0 aromatic heterocycles. The molecule has 0 atom stereocenters. The van der Waals surface area contributed by atoms with Gasteiger partial charge in [-0.05, 0) is 56.0 Å². The van der Waals surface area contributed by atoms with Crippen LogP contribution in [0.2, 0.25) is 0 Å². The first-order valence-corrected chi connectivity index (χ1v) is 3.58. The van der Waals surface area contributed by atoms with Crippen molar-refractivity contribution in [2.45, 2.75) is 27.7 Å². The average molecular weight is 133 g/mol. The Morgan fingerprint density at radius 3 is 2.20 bits per heavy atom. The van der Waals surface area contributed by atoms with Gasteiger partial charge in [-0.3, -0.25) is 0 Å². The van der Waals surface area contributed by atoms with Gasteiger partial charge in [0.25, 0.3) is 0 Å². The van der Waals surface area contributed by atoms with Gasteiger partial charge in [-0.1, -0.05) is 6.07 Å². The van der Waals surface area contributed by atoms with Crippen molar-refractivity contribution in [1.82, 2.24) is 0 Å². The maximum absolute atomic E-state index is 3.28. The Morgan fingerprint density at radius 2 is 1.70 bits per heavy atom. The molecule has 0 saturated heterocycles. The fraction of sp³-hybridized carbons (Fsp3) is 0.400. The van der Waals surface area contributed by atoms with E-state index in [-0.39, 0.29) is 0 Å². The van der Waals surface area contributed by atoms with Crippen molar-refractivity contribution in [1.29, 1.82) is 0 Å². The highest BCUT2D eigenvalue weighted by molar-refractivity contribution is 5.34. The van der Waals surface area contributed by atoms with E-state index in [4.69, 9.17) is 0 Å². The molecule has 0 spiro atoms. The minimum atomic E-state index is 1.24. The molecule has 0 bridgehead atoms. The van der Waals surface area contributed by atoms with Gasteiger partial charge in [0.05, 0.1) is 0 Å². The van der Waals surface area contributed by atoms with Crippen LogP contribution in [0.4, 0.5) is 0 Å². The Labute approximate surface area is 62.9 Å². The molecule has 0 nitrogen and oxygen atoms in total. The van der Waals surface area contributed by atoms with Crippen molar-refractivity contribution in [2.75, 3.05) is 0 Å². The summed E-state index contributed by atoms with van der Waals surface area (Å²) in [6, 6.07) is 5.45. The second kappa shape index (κ2) is 2.45. The Kier molecular flexibility index (Phi) is 1.80. The molecule has 1 radical (unpaired) electrons. The number of hydrogen-bond donors (Lipinski definition) is 0. The second-order valence-electron chi connectivity index (χ2n) is 2.89. The summed E-state index contributed by atoms with van der Waals surface area (Å²) in [6.07, 6.45) is 0. The number of aryl methyl sites for hydroxylation is 3. The minimum Gasteiger partial charge on any atom is -0.0555 e. The standard InChI is InChI=1S/C10H13/c1-7-5-8(2)10(4)9(3)6-7/h5H,1-4H3. The number of hydrogen-bond acceptors (Lipinski definition) is 0. The van der Waals surface area contributed by atoms with Gasteiger partial charge in [0.15, 0.2) is 0 Å². The highest BCUT2D eigenvalue weighted by Gasteiger charge is 1.96. The van der Waals surface area contributed by atoms with Crippen molar-refractivity contribution in [2.24, 2.45) is 0 Å². The Bertz CT molecular complexity index is 223. The van der Waals surface area contributed by atoms with Crippen LogP contribution in [0.15, 0.2) is 6.07 Å². The lowest BCUT2D eigenvalue weighted by molar-refractivity contribution is 1.23. The summed E-state index contributed by atoms with van der Waals surface area (Å²) in [6.45, 7) is 8.47. The summed E-state index contributed by atoms with van der Waals surface area (Å²) < 4.78 is 0. The lowest BCUT2D eigenvalue weighted by atomic mass is 10.0. The summed E-state index contributed by atoms with van der Waals surface area (Å²) in [5.41, 5.74) is 5.25. The van der Waals surface area contributed by atoms with Crippen molar-refractivity contribution < 1.29 is 0 Å². The summed E-state index contributed by atoms with van der Waals surface area (Å²) in [5, 5.41) is 0. The van der Waals surface area contributed by atoms with Crippen LogP contribution in [0.25, 0.3) is 0 Å². The van der Waals surface area contributed by atoms with E-state index in [1.165, 1.54) is 22.3 Å². The van der Waals surface area contributed by atoms with Gasteiger partial charge in [-0.15, -0.1) is 0 Å². The molecule has 1 rings (SSSR count). The first-order chi connectivity index (χ1) is 4.61. The molecule has 0 aliphatic heterocycles. The summed E-state index contributed by atoms with van der Waals surface area (Å²) in [4.78, 5) is 0. The van der Waals surface area contributed by atoms with Crippen LogP contribution < -0.4 is 0 Å². The first kappa shape index (κ1) is 7.33.